The van der Waals surface area contributed by atoms with Gasteiger partial charge in [-0.2, -0.15) is 0 Å². The van der Waals surface area contributed by atoms with Gasteiger partial charge in [0.05, 0.1) is 0 Å². The molecule has 0 aliphatic carbocycles. The van der Waals surface area contributed by atoms with Crippen LogP contribution in [0, 0.1) is 0 Å². The summed E-state index contributed by atoms with van der Waals surface area (Å²) >= 11 is 0. The Bertz CT molecular complexity index is 784. The van der Waals surface area contributed by atoms with Crippen LogP contribution in [0.4, 0.5) is 0 Å². The van der Waals surface area contributed by atoms with Crippen LogP contribution < -0.4 is 89.5 Å². The maximum atomic E-state index is 12.0. The van der Waals surface area contributed by atoms with Crippen LogP contribution in [0.3, 0.4) is 0 Å². The van der Waals surface area contributed by atoms with E-state index >= 15 is 0 Å². The van der Waals surface area contributed by atoms with E-state index in [1.807, 2.05) is 121 Å². The minimum atomic E-state index is -1.79. The van der Waals surface area contributed by atoms with E-state index in [-0.39, 0.29) is 59.1 Å². The SMILES string of the molecule is [Na+].[Na+].[O-][Si](c1ccccc1)c1ccccc1.[O-][Si](c1ccccc1)c1ccccc1. The first-order valence-electron chi connectivity index (χ1n) is 9.05. The Hall–Kier alpha value is -0.766. The van der Waals surface area contributed by atoms with Crippen LogP contribution in [-0.2, 0) is 0 Å². The van der Waals surface area contributed by atoms with Crippen molar-refractivity contribution in [1.29, 1.82) is 0 Å². The average Bonchev–Trinajstić information content (AvgIpc) is 2.81. The molecule has 30 heavy (non-hydrogen) atoms. The molecule has 0 amide bonds. The molecule has 2 radical (unpaired) electrons. The molecule has 2 nitrogen and oxygen atoms in total. The Kier molecular flexibility index (Phi) is 13.7. The molecule has 4 aromatic carbocycles. The first kappa shape index (κ1) is 27.3. The third-order valence-corrected chi connectivity index (χ3v) is 7.57. The van der Waals surface area contributed by atoms with Crippen LogP contribution in [0.2, 0.25) is 0 Å². The van der Waals surface area contributed by atoms with E-state index < -0.39 is 18.1 Å². The molecule has 0 unspecified atom stereocenters. The fraction of sp³-hybridized carbons (Fsp3) is 0. The summed E-state index contributed by atoms with van der Waals surface area (Å²) in [6.45, 7) is 0. The number of hydrogen-bond acceptors (Lipinski definition) is 2. The van der Waals surface area contributed by atoms with Gasteiger partial charge in [0.25, 0.3) is 0 Å². The van der Waals surface area contributed by atoms with E-state index in [0.717, 1.165) is 20.7 Å². The molecule has 0 aromatic heterocycles. The maximum Gasteiger partial charge on any atom is 1.00 e. The van der Waals surface area contributed by atoms with Crippen molar-refractivity contribution in [3.05, 3.63) is 121 Å². The van der Waals surface area contributed by atoms with Crippen molar-refractivity contribution < 1.29 is 68.7 Å². The van der Waals surface area contributed by atoms with Crippen molar-refractivity contribution in [2.24, 2.45) is 0 Å². The van der Waals surface area contributed by atoms with Crippen molar-refractivity contribution in [2.45, 2.75) is 0 Å². The molecule has 0 bridgehead atoms. The summed E-state index contributed by atoms with van der Waals surface area (Å²) in [7, 11) is -3.59. The van der Waals surface area contributed by atoms with Gasteiger partial charge in [-0.25, -0.2) is 0 Å². The zero-order valence-electron chi connectivity index (χ0n) is 17.4. The molecule has 4 aromatic rings. The zero-order valence-corrected chi connectivity index (χ0v) is 23.4. The van der Waals surface area contributed by atoms with Gasteiger partial charge in [-0.05, 0) is 0 Å². The summed E-state index contributed by atoms with van der Waals surface area (Å²) in [5.41, 5.74) is 0. The van der Waals surface area contributed by atoms with Crippen LogP contribution in [0.15, 0.2) is 121 Å². The minimum absolute atomic E-state index is 0. The first-order chi connectivity index (χ1) is 13.8. The topological polar surface area (TPSA) is 46.1 Å². The quantitative estimate of drug-likeness (QED) is 0.296. The molecule has 0 saturated carbocycles. The third-order valence-electron chi connectivity index (χ3n) is 4.14. The van der Waals surface area contributed by atoms with Crippen LogP contribution in [0.1, 0.15) is 0 Å². The molecule has 0 atom stereocenters. The van der Waals surface area contributed by atoms with Gasteiger partial charge in [-0.15, -0.1) is 0 Å². The molecule has 0 aliphatic heterocycles. The van der Waals surface area contributed by atoms with Gasteiger partial charge in [0.15, 0.2) is 0 Å². The summed E-state index contributed by atoms with van der Waals surface area (Å²) in [6.07, 6.45) is 0. The van der Waals surface area contributed by atoms with Crippen LogP contribution in [0.5, 0.6) is 0 Å². The van der Waals surface area contributed by atoms with Crippen molar-refractivity contribution in [2.75, 3.05) is 0 Å². The molecule has 4 rings (SSSR count). The second-order valence-electron chi connectivity index (χ2n) is 6.12. The van der Waals surface area contributed by atoms with Gasteiger partial charge in [0.2, 0.25) is 0 Å². The van der Waals surface area contributed by atoms with Gasteiger partial charge >= 0.3 is 59.1 Å². The molecule has 0 saturated heterocycles. The standard InChI is InChI=1S/2C12H10OSi.2Na/c2*13-14(11-7-3-1-4-8-11)12-9-5-2-6-10-12;;/h2*1-10H;;/q2*-1;2*+1. The maximum absolute atomic E-state index is 12.0. The molecule has 0 fully saturated rings. The van der Waals surface area contributed by atoms with E-state index in [0.29, 0.717) is 0 Å². The smallest absolute Gasteiger partial charge is 0.854 e. The van der Waals surface area contributed by atoms with E-state index in [4.69, 9.17) is 0 Å². The number of benzene rings is 4. The summed E-state index contributed by atoms with van der Waals surface area (Å²) in [6, 6.07) is 38.4. The summed E-state index contributed by atoms with van der Waals surface area (Å²) < 4.78 is 0. The van der Waals surface area contributed by atoms with Gasteiger partial charge < -0.3 is 9.59 Å². The van der Waals surface area contributed by atoms with Crippen LogP contribution in [0.25, 0.3) is 0 Å². The fourth-order valence-electron chi connectivity index (χ4n) is 2.69. The van der Waals surface area contributed by atoms with E-state index in [2.05, 4.69) is 0 Å². The second kappa shape index (κ2) is 15.1. The Morgan fingerprint density at radius 3 is 0.667 bits per heavy atom. The van der Waals surface area contributed by atoms with E-state index in [1.165, 1.54) is 0 Å². The number of hydrogen-bond donors (Lipinski definition) is 0. The number of rotatable bonds is 4. The van der Waals surface area contributed by atoms with E-state index in [1.54, 1.807) is 0 Å². The van der Waals surface area contributed by atoms with Crippen molar-refractivity contribution in [3.63, 3.8) is 0 Å². The van der Waals surface area contributed by atoms with E-state index in [9.17, 15) is 9.59 Å². The predicted octanol–water partition coefficient (Wildman–Crippen LogP) is -5.69. The molecular formula is C24H20Na2O2Si2. The van der Waals surface area contributed by atoms with Crippen molar-refractivity contribution in [1.82, 2.24) is 0 Å². The average molecular weight is 443 g/mol. The van der Waals surface area contributed by atoms with Crippen molar-refractivity contribution in [3.8, 4) is 0 Å². The largest absolute Gasteiger partial charge is 1.00 e. The summed E-state index contributed by atoms with van der Waals surface area (Å²) in [5.74, 6) is 0. The van der Waals surface area contributed by atoms with Crippen molar-refractivity contribution >= 4 is 38.8 Å². The second-order valence-corrected chi connectivity index (χ2v) is 9.75. The fourth-order valence-corrected chi connectivity index (χ4v) is 5.34. The Morgan fingerprint density at radius 2 is 0.500 bits per heavy atom. The summed E-state index contributed by atoms with van der Waals surface area (Å²) in [4.78, 5) is 24.1. The molecule has 0 N–H and O–H groups in total. The normalized spacial score (nSPS) is 9.73. The molecule has 138 valence electrons. The molecular weight excluding hydrogens is 422 g/mol. The van der Waals surface area contributed by atoms with Gasteiger partial charge in [-0.3, -0.25) is 0 Å². The monoisotopic (exact) mass is 442 g/mol. The Labute approximate surface area is 226 Å². The molecule has 0 spiro atoms. The Morgan fingerprint density at radius 1 is 0.333 bits per heavy atom. The van der Waals surface area contributed by atoms with Gasteiger partial charge in [0, 0.05) is 18.1 Å². The predicted molar refractivity (Wildman–Crippen MR) is 116 cm³/mol. The van der Waals surface area contributed by atoms with Gasteiger partial charge in [-0.1, -0.05) is 142 Å². The van der Waals surface area contributed by atoms with Crippen LogP contribution >= 0.6 is 0 Å². The summed E-state index contributed by atoms with van der Waals surface area (Å²) in [5, 5.41) is 3.68. The van der Waals surface area contributed by atoms with Gasteiger partial charge in [0.1, 0.15) is 0 Å². The molecule has 6 heteroatoms. The molecule has 0 aliphatic rings. The zero-order chi connectivity index (χ0) is 19.6. The van der Waals surface area contributed by atoms with Crippen LogP contribution in [-0.4, -0.2) is 18.1 Å². The molecule has 0 heterocycles. The minimum Gasteiger partial charge on any atom is -0.854 e. The third kappa shape index (κ3) is 8.40. The Balaban J connectivity index is 0.000000281. The first-order valence-corrected chi connectivity index (χ1v) is 11.9.